The van der Waals surface area contributed by atoms with Crippen molar-refractivity contribution in [3.05, 3.63) is 11.6 Å². The molecule has 0 unspecified atom stereocenters. The molecule has 12 aliphatic carbocycles. The summed E-state index contributed by atoms with van der Waals surface area (Å²) < 4.78 is 18.9. The first-order valence-corrected chi connectivity index (χ1v) is 34.2. The van der Waals surface area contributed by atoms with Crippen LogP contribution in [0.15, 0.2) is 11.6 Å². The van der Waals surface area contributed by atoms with Crippen molar-refractivity contribution in [2.75, 3.05) is 19.8 Å². The van der Waals surface area contributed by atoms with Gasteiger partial charge in [-0.1, -0.05) is 75.5 Å². The molecule has 0 radical (unpaired) electrons. The zero-order valence-corrected chi connectivity index (χ0v) is 54.6. The van der Waals surface area contributed by atoms with E-state index >= 15 is 0 Å². The summed E-state index contributed by atoms with van der Waals surface area (Å²) in [6.45, 7) is 33.5. The van der Waals surface area contributed by atoms with Gasteiger partial charge in [-0.25, -0.2) is 0 Å². The van der Waals surface area contributed by atoms with Crippen LogP contribution in [-0.2, 0) is 14.2 Å². The van der Waals surface area contributed by atoms with E-state index in [1.807, 2.05) is 48.5 Å². The first-order valence-electron chi connectivity index (χ1n) is 34.2. The van der Waals surface area contributed by atoms with Crippen molar-refractivity contribution < 1.29 is 44.8 Å². The highest BCUT2D eigenvalue weighted by molar-refractivity contribution is 5.27. The van der Waals surface area contributed by atoms with E-state index in [2.05, 4.69) is 61.5 Å². The Kier molecular flexibility index (Phi) is 20.6. The molecule has 0 bridgehead atoms. The highest BCUT2D eigenvalue weighted by atomic mass is 16.5. The molecule has 0 saturated heterocycles. The van der Waals surface area contributed by atoms with Gasteiger partial charge in [0.15, 0.2) is 0 Å². The monoisotopic (exact) mass is 1180 g/mol. The molecule has 11 fully saturated rings. The molecule has 0 heterocycles. The lowest BCUT2D eigenvalue weighted by atomic mass is 9.44. The van der Waals surface area contributed by atoms with Crippen LogP contribution in [0.1, 0.15) is 293 Å². The molecule has 23 atom stereocenters. The number of fused-ring (bicyclic) bond motifs is 15. The van der Waals surface area contributed by atoms with E-state index in [0.717, 1.165) is 117 Å². The molecule has 0 aromatic carbocycles. The number of rotatable bonds is 9. The minimum absolute atomic E-state index is 0. The highest BCUT2D eigenvalue weighted by Crippen LogP contribution is 2.70. The molecule has 84 heavy (non-hydrogen) atoms. The molecular weight excluding hydrogens is 1040 g/mol. The minimum atomic E-state index is -0.749. The van der Waals surface area contributed by atoms with E-state index in [0.29, 0.717) is 66.2 Å². The fourth-order valence-electron chi connectivity index (χ4n) is 23.3. The average Bonchev–Trinajstić information content (AvgIpc) is 1.31. The number of hydrogen-bond acceptors (Lipinski definition) is 9. The molecule has 9 nitrogen and oxygen atoms in total. The Labute approximate surface area is 516 Å². The topological polar surface area (TPSA) is 149 Å². The summed E-state index contributed by atoms with van der Waals surface area (Å²) in [5.74, 6) is 8.57. The number of allylic oxidation sites excluding steroid dienone is 1. The van der Waals surface area contributed by atoms with Crippen LogP contribution in [0.25, 0.3) is 0 Å². The third kappa shape index (κ3) is 13.5. The van der Waals surface area contributed by atoms with Crippen molar-refractivity contribution in [3.8, 4) is 0 Å². The van der Waals surface area contributed by atoms with Crippen molar-refractivity contribution in [1.82, 2.24) is 0 Å². The van der Waals surface area contributed by atoms with Crippen molar-refractivity contribution in [2.24, 2.45) is 97.6 Å². The molecule has 6 N–H and O–H groups in total. The van der Waals surface area contributed by atoms with Crippen molar-refractivity contribution in [1.29, 1.82) is 0 Å². The van der Waals surface area contributed by atoms with Gasteiger partial charge in [-0.3, -0.25) is 0 Å². The first-order chi connectivity index (χ1) is 37.3. The molecule has 12 aliphatic rings. The Balaban J connectivity index is 0.000000178. The first kappa shape index (κ1) is 70.8. The smallest absolute Gasteiger partial charge is 0.0824 e. The maximum Gasteiger partial charge on any atom is 0.0824 e. The summed E-state index contributed by atoms with van der Waals surface area (Å²) >= 11 is 0. The van der Waals surface area contributed by atoms with E-state index in [9.17, 15) is 30.6 Å². The van der Waals surface area contributed by atoms with Crippen molar-refractivity contribution in [3.63, 3.8) is 0 Å². The quantitative estimate of drug-likeness (QED) is 0.124. The van der Waals surface area contributed by atoms with Crippen molar-refractivity contribution in [2.45, 2.75) is 345 Å². The van der Waals surface area contributed by atoms with Crippen LogP contribution >= 0.6 is 0 Å². The fourth-order valence-corrected chi connectivity index (χ4v) is 23.3. The lowest BCUT2D eigenvalue weighted by Crippen LogP contribution is -2.56. The highest BCUT2D eigenvalue weighted by Gasteiger charge is 2.64. The second-order valence-electron chi connectivity index (χ2n) is 35.9. The van der Waals surface area contributed by atoms with Crippen LogP contribution in [0.4, 0.5) is 0 Å². The third-order valence-electron chi connectivity index (χ3n) is 27.9. The Morgan fingerprint density at radius 1 is 0.381 bits per heavy atom. The summed E-state index contributed by atoms with van der Waals surface area (Å²) in [7, 11) is 0. The van der Waals surface area contributed by atoms with Gasteiger partial charge in [-0.2, -0.15) is 0 Å². The molecule has 9 heteroatoms. The maximum absolute atomic E-state index is 10.6. The zero-order chi connectivity index (χ0) is 59.0. The van der Waals surface area contributed by atoms with E-state index in [1.165, 1.54) is 108 Å². The third-order valence-corrected chi connectivity index (χ3v) is 27.9. The van der Waals surface area contributed by atoms with E-state index in [4.69, 9.17) is 14.2 Å². The second kappa shape index (κ2) is 24.4. The Morgan fingerprint density at radius 3 is 1.08 bits per heavy atom. The number of aliphatic hydroxyl groups is 6. The standard InChI is InChI=1S/2C24H42O3.C24H40O3.3CH4/c3*1-21(2,25)15-27-20-9-8-18-17-7-6-16-14-22(3,26)12-13-23(16,4)19(17)10-11-24(18,20)5;;;/h2*16-20,25-26H,6-15H2,1-5H3;6,17-20,25-26H,7-15H2,1-5H3;3*1H4/t16-,17+,18+,19+,20+,22+,23+,24+;16-,17-,18-,19-,20-,22-,23-,24-;17-,18-,19-,20-,22-,23-,24-;;;/m100.../s1. The number of hydrogen-bond donors (Lipinski definition) is 6. The molecule has 11 saturated carbocycles. The van der Waals surface area contributed by atoms with Gasteiger partial charge in [0.25, 0.3) is 0 Å². The predicted molar refractivity (Wildman–Crippen MR) is 345 cm³/mol. The lowest BCUT2D eigenvalue weighted by molar-refractivity contribution is -0.161. The minimum Gasteiger partial charge on any atom is -0.390 e. The maximum atomic E-state index is 10.6. The summed E-state index contributed by atoms with van der Waals surface area (Å²) in [6.07, 6.45) is 34.3. The van der Waals surface area contributed by atoms with Crippen molar-refractivity contribution >= 4 is 0 Å². The van der Waals surface area contributed by atoms with Gasteiger partial charge in [0.05, 0.1) is 71.7 Å². The summed E-state index contributed by atoms with van der Waals surface area (Å²) in [5, 5.41) is 62.2. The largest absolute Gasteiger partial charge is 0.390 e. The van der Waals surface area contributed by atoms with Crippen LogP contribution in [-0.4, -0.2) is 102 Å². The Morgan fingerprint density at radius 2 is 0.714 bits per heavy atom. The van der Waals surface area contributed by atoms with Gasteiger partial charge in [-0.15, -0.1) is 0 Å². The van der Waals surface area contributed by atoms with E-state index in [-0.39, 0.29) is 38.5 Å². The molecule has 0 aromatic rings. The fraction of sp³-hybridized carbons (Fsp3) is 0.973. The van der Waals surface area contributed by atoms with Gasteiger partial charge in [0.2, 0.25) is 0 Å². The molecule has 0 amide bonds. The van der Waals surface area contributed by atoms with Crippen LogP contribution in [0, 0.1) is 97.6 Å². The molecule has 0 aliphatic heterocycles. The van der Waals surface area contributed by atoms with Crippen LogP contribution < -0.4 is 0 Å². The van der Waals surface area contributed by atoms with E-state index in [1.54, 1.807) is 0 Å². The Bertz CT molecular complexity index is 2130. The van der Waals surface area contributed by atoms with Crippen LogP contribution in [0.2, 0.25) is 0 Å². The molecule has 490 valence electrons. The van der Waals surface area contributed by atoms with Gasteiger partial charge in [-0.05, 0) is 327 Å². The molecular formula is C75H136O9. The lowest BCUT2D eigenvalue weighted by Gasteiger charge is -2.61. The Hall–Kier alpha value is -0.620. The predicted octanol–water partition coefficient (Wildman–Crippen LogP) is 16.6. The van der Waals surface area contributed by atoms with Crippen LogP contribution in [0.3, 0.4) is 0 Å². The van der Waals surface area contributed by atoms with Gasteiger partial charge >= 0.3 is 0 Å². The molecule has 0 aromatic heterocycles. The zero-order valence-electron chi connectivity index (χ0n) is 54.6. The summed E-state index contributed by atoms with van der Waals surface area (Å²) in [6, 6.07) is 0. The van der Waals surface area contributed by atoms with E-state index < -0.39 is 33.6 Å². The normalized spacial score (nSPS) is 49.9. The SMILES string of the molecule is C.C.C.CC(C)(O)CO[C@H]1CC[C@H]2[C@@H]3CC=C4C[C@@](C)(O)CC[C@]4(C)[C@H]3CC[C@]12C.CC(C)(O)CO[C@H]1CC[C@H]2[C@@H]3CC[C@@H]4C[C@@](C)(O)CC[C@]4(C)[C@H]3CC[C@]12C.CC(C)(O)CO[C@H]1CC[C@H]2[C@@H]3CC[C@H]4C[C@@](C)(O)CC[C@]4(C)[C@H]3CC[C@]12C. The van der Waals surface area contributed by atoms with Gasteiger partial charge in [0, 0.05) is 0 Å². The second-order valence-corrected chi connectivity index (χ2v) is 35.9. The van der Waals surface area contributed by atoms with Crippen LogP contribution in [0.5, 0.6) is 0 Å². The molecule has 0 spiro atoms. The summed E-state index contributed by atoms with van der Waals surface area (Å²) in [4.78, 5) is 0. The number of ether oxygens (including phenoxy) is 3. The average molecular weight is 1180 g/mol. The summed E-state index contributed by atoms with van der Waals surface area (Å²) in [5.41, 5.74) is -0.100. The van der Waals surface area contributed by atoms with Gasteiger partial charge < -0.3 is 44.8 Å². The van der Waals surface area contributed by atoms with Gasteiger partial charge in [0.1, 0.15) is 0 Å². The molecule has 12 rings (SSSR count).